The summed E-state index contributed by atoms with van der Waals surface area (Å²) in [6.07, 6.45) is 5.09. The SMILES string of the molecule is CC(C)(C)OC(=O)N[C@H]1CCCCC/C=C\[C@H]2C[C@@]2(C(=O)NCCO)NC(=O)[C@@H]2C[C@@H](OC(=O)N3Cc4cccc(F)c4C3)CN2C1=O. The van der Waals surface area contributed by atoms with Crippen molar-refractivity contribution in [2.75, 3.05) is 19.7 Å². The minimum absolute atomic E-state index is 0.0151. The molecule has 1 aromatic carbocycles. The van der Waals surface area contributed by atoms with Crippen molar-refractivity contribution in [3.8, 4) is 0 Å². The van der Waals surface area contributed by atoms with Crippen LogP contribution < -0.4 is 16.0 Å². The lowest BCUT2D eigenvalue weighted by atomic mass is 10.0. The maximum Gasteiger partial charge on any atom is 0.410 e. The highest BCUT2D eigenvalue weighted by Crippen LogP contribution is 2.45. The van der Waals surface area contributed by atoms with E-state index < -0.39 is 65.1 Å². The Balaban J connectivity index is 1.38. The smallest absolute Gasteiger partial charge is 0.410 e. The number of rotatable bonds is 5. The topological polar surface area (TPSA) is 167 Å². The molecule has 4 N–H and O–H groups in total. The van der Waals surface area contributed by atoms with Crippen LogP contribution in [0.2, 0.25) is 0 Å². The fraction of sp³-hybridized carbons (Fsp3) is 0.618. The number of carbonyl (C=O) groups excluding carboxylic acids is 5. The number of aliphatic hydroxyl groups excluding tert-OH is 1. The highest BCUT2D eigenvalue weighted by atomic mass is 19.1. The quantitative estimate of drug-likeness (QED) is 0.347. The molecule has 2 fully saturated rings. The fourth-order valence-electron chi connectivity index (χ4n) is 6.67. The van der Waals surface area contributed by atoms with Crippen molar-refractivity contribution < 1.29 is 42.9 Å². The van der Waals surface area contributed by atoms with Gasteiger partial charge in [0.05, 0.1) is 19.7 Å². The first-order chi connectivity index (χ1) is 22.8. The third-order valence-corrected chi connectivity index (χ3v) is 9.18. The Morgan fingerprint density at radius 3 is 2.67 bits per heavy atom. The molecule has 1 saturated heterocycles. The number of hydrogen-bond donors (Lipinski definition) is 4. The average molecular weight is 672 g/mol. The number of fused-ring (bicyclic) bond motifs is 3. The summed E-state index contributed by atoms with van der Waals surface area (Å²) in [5.41, 5.74) is -0.976. The van der Waals surface area contributed by atoms with Gasteiger partial charge in [0.25, 0.3) is 0 Å². The van der Waals surface area contributed by atoms with Gasteiger partial charge in [-0.3, -0.25) is 19.3 Å². The Hall–Kier alpha value is -4.20. The van der Waals surface area contributed by atoms with E-state index in [1.807, 2.05) is 12.2 Å². The molecule has 0 aromatic heterocycles. The molecule has 4 aliphatic rings. The summed E-state index contributed by atoms with van der Waals surface area (Å²) < 4.78 is 25.6. The monoisotopic (exact) mass is 671 g/mol. The average Bonchev–Trinajstić information content (AvgIpc) is 3.33. The highest BCUT2D eigenvalue weighted by molar-refractivity contribution is 5.98. The summed E-state index contributed by atoms with van der Waals surface area (Å²) in [4.78, 5) is 70.2. The molecule has 1 saturated carbocycles. The van der Waals surface area contributed by atoms with Gasteiger partial charge in [-0.05, 0) is 58.1 Å². The predicted octanol–water partition coefficient (Wildman–Crippen LogP) is 2.64. The van der Waals surface area contributed by atoms with Crippen molar-refractivity contribution in [1.29, 1.82) is 0 Å². The number of benzene rings is 1. The van der Waals surface area contributed by atoms with Gasteiger partial charge >= 0.3 is 12.2 Å². The maximum absolute atomic E-state index is 14.4. The zero-order valence-corrected chi connectivity index (χ0v) is 27.8. The second-order valence-electron chi connectivity index (χ2n) is 14.0. The molecule has 1 aliphatic carbocycles. The molecule has 0 unspecified atom stereocenters. The van der Waals surface area contributed by atoms with Gasteiger partial charge in [0.15, 0.2) is 0 Å². The highest BCUT2D eigenvalue weighted by Gasteiger charge is 2.61. The summed E-state index contributed by atoms with van der Waals surface area (Å²) in [5.74, 6) is -2.25. The molecule has 13 nitrogen and oxygen atoms in total. The summed E-state index contributed by atoms with van der Waals surface area (Å²) >= 11 is 0. The number of aliphatic hydroxyl groups is 1. The molecule has 1 aromatic rings. The van der Waals surface area contributed by atoms with Crippen molar-refractivity contribution >= 4 is 29.9 Å². The number of halogens is 1. The lowest BCUT2D eigenvalue weighted by Crippen LogP contribution is -2.58. The van der Waals surface area contributed by atoms with E-state index in [1.165, 1.54) is 15.9 Å². The van der Waals surface area contributed by atoms with Gasteiger partial charge in [0, 0.05) is 31.0 Å². The minimum atomic E-state index is -1.26. The van der Waals surface area contributed by atoms with Crippen LogP contribution >= 0.6 is 0 Å². The lowest BCUT2D eigenvalue weighted by Gasteiger charge is -2.30. The van der Waals surface area contributed by atoms with Gasteiger partial charge in [0.2, 0.25) is 17.7 Å². The number of amides is 5. The van der Waals surface area contributed by atoms with Gasteiger partial charge in [-0.1, -0.05) is 37.1 Å². The number of hydrogen-bond acceptors (Lipinski definition) is 8. The van der Waals surface area contributed by atoms with Gasteiger partial charge in [0.1, 0.15) is 35.1 Å². The molecule has 3 heterocycles. The standard InChI is InChI=1S/C34H46FN5O8/c1-33(2,3)48-31(45)37-26-13-8-6-4-5-7-11-22-17-34(22,30(44)36-14-15-41)38-28(42)27-16-23(19-40(27)29(26)43)47-32(46)39-18-21-10-9-12-25(35)24(21)20-39/h7,9-12,22-23,26-27,41H,4-6,8,13-20H2,1-3H3,(H,36,44)(H,37,45)(H,38,42)/b11-7-/t22-,23+,26-,27-,34+/m0/s1. The zero-order valence-electron chi connectivity index (χ0n) is 27.8. The van der Waals surface area contributed by atoms with E-state index in [9.17, 15) is 33.5 Å². The van der Waals surface area contributed by atoms with E-state index in [-0.39, 0.29) is 45.1 Å². The Morgan fingerprint density at radius 1 is 1.15 bits per heavy atom. The second kappa shape index (κ2) is 14.5. The first kappa shape index (κ1) is 35.1. The van der Waals surface area contributed by atoms with E-state index in [4.69, 9.17) is 9.47 Å². The van der Waals surface area contributed by atoms with E-state index >= 15 is 0 Å². The van der Waals surface area contributed by atoms with Crippen molar-refractivity contribution in [3.05, 3.63) is 47.3 Å². The fourth-order valence-corrected chi connectivity index (χ4v) is 6.67. The maximum atomic E-state index is 14.4. The molecule has 14 heteroatoms. The Bertz CT molecular complexity index is 1450. The van der Waals surface area contributed by atoms with Crippen LogP contribution in [0.5, 0.6) is 0 Å². The summed E-state index contributed by atoms with van der Waals surface area (Å²) in [6.45, 7) is 4.94. The Labute approximate surface area is 279 Å². The minimum Gasteiger partial charge on any atom is -0.444 e. The normalized spacial score (nSPS) is 28.1. The van der Waals surface area contributed by atoms with Crippen LogP contribution in [0, 0.1) is 11.7 Å². The van der Waals surface area contributed by atoms with Crippen LogP contribution in [0.1, 0.15) is 76.8 Å². The molecule has 5 rings (SSSR count). The molecule has 3 aliphatic heterocycles. The number of carbonyl (C=O) groups is 5. The van der Waals surface area contributed by atoms with Gasteiger partial charge in [-0.15, -0.1) is 0 Å². The second-order valence-corrected chi connectivity index (χ2v) is 14.0. The summed E-state index contributed by atoms with van der Waals surface area (Å²) in [6, 6.07) is 2.51. The van der Waals surface area contributed by atoms with E-state index in [0.717, 1.165) is 19.3 Å². The largest absolute Gasteiger partial charge is 0.444 e. The third kappa shape index (κ3) is 8.08. The number of allylic oxidation sites excluding steroid dienone is 1. The summed E-state index contributed by atoms with van der Waals surface area (Å²) in [5, 5.41) is 17.5. The van der Waals surface area contributed by atoms with Crippen LogP contribution in [-0.4, -0.2) is 93.8 Å². The number of alkyl carbamates (subject to hydrolysis) is 1. The molecular formula is C34H46FN5O8. The third-order valence-electron chi connectivity index (χ3n) is 9.18. The molecule has 5 atom stereocenters. The number of nitrogens with zero attached hydrogens (tertiary/aromatic N) is 2. The molecular weight excluding hydrogens is 625 g/mol. The summed E-state index contributed by atoms with van der Waals surface area (Å²) in [7, 11) is 0. The Morgan fingerprint density at radius 2 is 1.94 bits per heavy atom. The number of ether oxygens (including phenoxy) is 2. The van der Waals surface area contributed by atoms with E-state index in [2.05, 4.69) is 16.0 Å². The number of nitrogens with one attached hydrogen (secondary N) is 3. The molecule has 5 amide bonds. The van der Waals surface area contributed by atoms with Crippen LogP contribution in [-0.2, 0) is 36.9 Å². The molecule has 262 valence electrons. The van der Waals surface area contributed by atoms with Crippen molar-refractivity contribution in [2.45, 2.75) is 108 Å². The van der Waals surface area contributed by atoms with Crippen LogP contribution in [0.4, 0.5) is 14.0 Å². The molecule has 0 radical (unpaired) electrons. The zero-order chi connectivity index (χ0) is 34.6. The van der Waals surface area contributed by atoms with Crippen molar-refractivity contribution in [3.63, 3.8) is 0 Å². The van der Waals surface area contributed by atoms with E-state index in [1.54, 1.807) is 32.9 Å². The van der Waals surface area contributed by atoms with Gasteiger partial charge in [-0.2, -0.15) is 0 Å². The first-order valence-electron chi connectivity index (χ1n) is 16.7. The van der Waals surface area contributed by atoms with Crippen molar-refractivity contribution in [2.24, 2.45) is 5.92 Å². The van der Waals surface area contributed by atoms with Crippen LogP contribution in [0.3, 0.4) is 0 Å². The van der Waals surface area contributed by atoms with Gasteiger partial charge < -0.3 is 35.4 Å². The van der Waals surface area contributed by atoms with Gasteiger partial charge in [-0.25, -0.2) is 14.0 Å². The molecule has 0 bridgehead atoms. The predicted molar refractivity (Wildman–Crippen MR) is 170 cm³/mol. The van der Waals surface area contributed by atoms with Crippen LogP contribution in [0.15, 0.2) is 30.4 Å². The molecule has 48 heavy (non-hydrogen) atoms. The lowest BCUT2D eigenvalue weighted by molar-refractivity contribution is -0.141. The first-order valence-corrected chi connectivity index (χ1v) is 16.7. The van der Waals surface area contributed by atoms with Crippen molar-refractivity contribution in [1.82, 2.24) is 25.8 Å². The van der Waals surface area contributed by atoms with Crippen LogP contribution in [0.25, 0.3) is 0 Å². The Kier molecular flexibility index (Phi) is 10.6. The van der Waals surface area contributed by atoms with E-state index in [0.29, 0.717) is 30.4 Å². The molecule has 0 spiro atoms.